The van der Waals surface area contributed by atoms with Crippen molar-refractivity contribution in [3.05, 3.63) is 78.1 Å². The number of fused-ring (bicyclic) bond motifs is 1. The maximum Gasteiger partial charge on any atom is 0.418 e. The van der Waals surface area contributed by atoms with Gasteiger partial charge < -0.3 is 14.7 Å². The van der Waals surface area contributed by atoms with Gasteiger partial charge >= 0.3 is 12.1 Å². The van der Waals surface area contributed by atoms with E-state index >= 15 is 0 Å². The Labute approximate surface area is 190 Å². The third kappa shape index (κ3) is 3.68. The summed E-state index contributed by atoms with van der Waals surface area (Å²) in [6.45, 7) is 0. The molecular formula is C24H16F3N5O2. The molecule has 7 nitrogen and oxygen atoms in total. The van der Waals surface area contributed by atoms with E-state index in [1.54, 1.807) is 29.1 Å². The molecule has 0 amide bonds. The molecule has 2 N–H and O–H groups in total. The van der Waals surface area contributed by atoms with Crippen LogP contribution in [-0.4, -0.2) is 35.8 Å². The molecule has 5 aromatic rings. The standard InChI is InChI=1S/C24H16F3N5O2/c1-32-12-28-31-22(32)17-8-3-2-7-16(17)13-5-4-6-14(9-13)21-29-19-11-15(23(33)34)10-18(20(19)30-21)24(25,26)27/h2-12H,1H3,(H,29,30)(H,33,34). The lowest BCUT2D eigenvalue weighted by Crippen LogP contribution is -2.08. The van der Waals surface area contributed by atoms with Crippen molar-refractivity contribution in [2.24, 2.45) is 7.05 Å². The number of benzene rings is 3. The monoisotopic (exact) mass is 463 g/mol. The summed E-state index contributed by atoms with van der Waals surface area (Å²) in [6.07, 6.45) is -3.15. The zero-order valence-electron chi connectivity index (χ0n) is 17.6. The largest absolute Gasteiger partial charge is 0.478 e. The maximum absolute atomic E-state index is 13.6. The number of carboxylic acids is 1. The average molecular weight is 463 g/mol. The molecule has 3 aromatic carbocycles. The summed E-state index contributed by atoms with van der Waals surface area (Å²) in [5, 5.41) is 17.3. The molecule has 0 bridgehead atoms. The highest BCUT2D eigenvalue weighted by molar-refractivity contribution is 5.95. The van der Waals surface area contributed by atoms with E-state index in [4.69, 9.17) is 0 Å². The molecule has 34 heavy (non-hydrogen) atoms. The Morgan fingerprint density at radius 3 is 2.41 bits per heavy atom. The van der Waals surface area contributed by atoms with E-state index in [1.165, 1.54) is 0 Å². The lowest BCUT2D eigenvalue weighted by molar-refractivity contribution is -0.136. The van der Waals surface area contributed by atoms with Crippen LogP contribution in [0.1, 0.15) is 15.9 Å². The number of hydrogen-bond acceptors (Lipinski definition) is 4. The smallest absolute Gasteiger partial charge is 0.418 e. The minimum Gasteiger partial charge on any atom is -0.478 e. The zero-order chi connectivity index (χ0) is 24.0. The van der Waals surface area contributed by atoms with Crippen LogP contribution in [0.5, 0.6) is 0 Å². The number of aromatic nitrogens is 5. The summed E-state index contributed by atoms with van der Waals surface area (Å²) >= 11 is 0. The van der Waals surface area contributed by atoms with Crippen LogP contribution >= 0.6 is 0 Å². The number of imidazole rings is 1. The molecule has 0 atom stereocenters. The number of hydrogen-bond donors (Lipinski definition) is 2. The van der Waals surface area contributed by atoms with Gasteiger partial charge in [-0.15, -0.1) is 10.2 Å². The third-order valence-corrected chi connectivity index (χ3v) is 5.47. The number of aryl methyl sites for hydroxylation is 1. The van der Waals surface area contributed by atoms with E-state index in [0.717, 1.165) is 22.8 Å². The van der Waals surface area contributed by atoms with Gasteiger partial charge in [0.15, 0.2) is 5.82 Å². The number of nitrogens with one attached hydrogen (secondary N) is 1. The number of carbonyl (C=O) groups is 1. The van der Waals surface area contributed by atoms with Crippen LogP contribution in [0.25, 0.3) is 44.9 Å². The number of aromatic amines is 1. The van der Waals surface area contributed by atoms with Gasteiger partial charge in [-0.25, -0.2) is 9.78 Å². The first-order valence-electron chi connectivity index (χ1n) is 10.1. The van der Waals surface area contributed by atoms with Gasteiger partial charge in [0.25, 0.3) is 0 Å². The number of alkyl halides is 3. The Morgan fingerprint density at radius 1 is 1.00 bits per heavy atom. The van der Waals surface area contributed by atoms with Crippen LogP contribution in [0.4, 0.5) is 13.2 Å². The molecule has 0 fully saturated rings. The van der Waals surface area contributed by atoms with Gasteiger partial charge in [0.05, 0.1) is 22.2 Å². The molecule has 2 aromatic heterocycles. The predicted octanol–water partition coefficient (Wildman–Crippen LogP) is 5.41. The molecule has 0 saturated heterocycles. The molecule has 0 aliphatic rings. The van der Waals surface area contributed by atoms with Crippen LogP contribution in [0.3, 0.4) is 0 Å². The highest BCUT2D eigenvalue weighted by atomic mass is 19.4. The summed E-state index contributed by atoms with van der Waals surface area (Å²) in [7, 11) is 1.83. The number of rotatable bonds is 4. The Bertz CT molecular complexity index is 1550. The second kappa shape index (κ2) is 7.84. The number of H-pyrrole nitrogens is 1. The van der Waals surface area contributed by atoms with E-state index in [0.29, 0.717) is 17.5 Å². The van der Waals surface area contributed by atoms with Crippen LogP contribution in [0.15, 0.2) is 67.0 Å². The first-order valence-corrected chi connectivity index (χ1v) is 10.1. The van der Waals surface area contributed by atoms with Gasteiger partial charge in [0, 0.05) is 18.2 Å². The fraction of sp³-hybridized carbons (Fsp3) is 0.0833. The molecule has 0 spiro atoms. The quantitative estimate of drug-likeness (QED) is 0.372. The highest BCUT2D eigenvalue weighted by Gasteiger charge is 2.35. The molecule has 10 heteroatoms. The van der Waals surface area contributed by atoms with Gasteiger partial charge in [0.2, 0.25) is 0 Å². The summed E-state index contributed by atoms with van der Waals surface area (Å²) in [5.41, 5.74) is 1.15. The van der Waals surface area contributed by atoms with Crippen LogP contribution in [0.2, 0.25) is 0 Å². The van der Waals surface area contributed by atoms with Crippen LogP contribution in [-0.2, 0) is 13.2 Å². The SMILES string of the molecule is Cn1cnnc1-c1ccccc1-c1cccc(-c2nc3cc(C(=O)O)cc(C(F)(F)F)c3[nH]2)c1. The first kappa shape index (κ1) is 21.4. The van der Waals surface area contributed by atoms with Gasteiger partial charge in [-0.3, -0.25) is 0 Å². The normalized spacial score (nSPS) is 11.8. The lowest BCUT2D eigenvalue weighted by atomic mass is 9.97. The minimum absolute atomic E-state index is 0.0767. The van der Waals surface area contributed by atoms with Crippen LogP contribution in [0, 0.1) is 0 Å². The fourth-order valence-electron chi connectivity index (χ4n) is 3.89. The Kier molecular flexibility index (Phi) is 4.93. The molecule has 0 saturated carbocycles. The van der Waals surface area contributed by atoms with Crippen molar-refractivity contribution in [3.63, 3.8) is 0 Å². The molecule has 170 valence electrons. The van der Waals surface area contributed by atoms with E-state index in [2.05, 4.69) is 20.2 Å². The summed E-state index contributed by atoms with van der Waals surface area (Å²) in [5.74, 6) is -0.596. The summed E-state index contributed by atoms with van der Waals surface area (Å²) in [4.78, 5) is 18.3. The van der Waals surface area contributed by atoms with Gasteiger partial charge in [0.1, 0.15) is 12.2 Å². The molecule has 0 radical (unpaired) electrons. The van der Waals surface area contributed by atoms with Gasteiger partial charge in [-0.05, 0) is 29.3 Å². The topological polar surface area (TPSA) is 96.7 Å². The fourth-order valence-corrected chi connectivity index (χ4v) is 3.89. The van der Waals surface area contributed by atoms with Crippen molar-refractivity contribution in [2.45, 2.75) is 6.18 Å². The zero-order valence-corrected chi connectivity index (χ0v) is 17.6. The molecule has 2 heterocycles. The van der Waals surface area contributed by atoms with Crippen molar-refractivity contribution in [3.8, 4) is 33.9 Å². The lowest BCUT2D eigenvalue weighted by Gasteiger charge is -2.10. The molecular weight excluding hydrogens is 447 g/mol. The molecule has 0 unspecified atom stereocenters. The minimum atomic E-state index is -4.75. The van der Waals surface area contributed by atoms with Crippen molar-refractivity contribution in [1.82, 2.24) is 24.7 Å². The number of nitrogens with zero attached hydrogens (tertiary/aromatic N) is 4. The first-order chi connectivity index (χ1) is 16.2. The summed E-state index contributed by atoms with van der Waals surface area (Å²) < 4.78 is 42.6. The van der Waals surface area contributed by atoms with Crippen LogP contribution < -0.4 is 0 Å². The molecule has 5 rings (SSSR count). The molecule has 0 aliphatic carbocycles. The van der Waals surface area contributed by atoms with E-state index in [9.17, 15) is 23.1 Å². The van der Waals surface area contributed by atoms with E-state index < -0.39 is 23.3 Å². The van der Waals surface area contributed by atoms with Crippen molar-refractivity contribution in [1.29, 1.82) is 0 Å². The average Bonchev–Trinajstić information content (AvgIpc) is 3.43. The predicted molar refractivity (Wildman–Crippen MR) is 119 cm³/mol. The second-order valence-electron chi connectivity index (χ2n) is 7.70. The number of carboxylic acid groups (broad SMARTS) is 1. The van der Waals surface area contributed by atoms with E-state index in [-0.39, 0.29) is 16.9 Å². The van der Waals surface area contributed by atoms with Crippen molar-refractivity contribution in [2.75, 3.05) is 0 Å². The molecule has 0 aliphatic heterocycles. The second-order valence-corrected chi connectivity index (χ2v) is 7.70. The number of aromatic carboxylic acids is 1. The third-order valence-electron chi connectivity index (χ3n) is 5.47. The van der Waals surface area contributed by atoms with Gasteiger partial charge in [-0.2, -0.15) is 13.2 Å². The summed E-state index contributed by atoms with van der Waals surface area (Å²) in [6, 6.07) is 16.5. The maximum atomic E-state index is 13.6. The van der Waals surface area contributed by atoms with Crippen molar-refractivity contribution < 1.29 is 23.1 Å². The van der Waals surface area contributed by atoms with Crippen molar-refractivity contribution >= 4 is 17.0 Å². The number of halogens is 3. The Morgan fingerprint density at radius 2 is 1.74 bits per heavy atom. The Balaban J connectivity index is 1.65. The van der Waals surface area contributed by atoms with E-state index in [1.807, 2.05) is 37.4 Å². The highest BCUT2D eigenvalue weighted by Crippen LogP contribution is 2.37. The van der Waals surface area contributed by atoms with Gasteiger partial charge in [-0.1, -0.05) is 42.5 Å². The Hall–Kier alpha value is -4.47.